The van der Waals surface area contributed by atoms with Gasteiger partial charge in [0, 0.05) is 12.0 Å². The molecule has 1 fully saturated rings. The summed E-state index contributed by atoms with van der Waals surface area (Å²) in [7, 11) is 0. The molecule has 5 nitrogen and oxygen atoms in total. The van der Waals surface area contributed by atoms with Gasteiger partial charge in [-0.15, -0.1) is 0 Å². The Hall–Kier alpha value is -1.46. The molecule has 0 bridgehead atoms. The van der Waals surface area contributed by atoms with Crippen molar-refractivity contribution in [1.82, 2.24) is 5.32 Å². The van der Waals surface area contributed by atoms with E-state index in [1.165, 1.54) is 0 Å². The maximum atomic E-state index is 10.4. The topological polar surface area (TPSA) is 60.0 Å². The SMILES string of the molecule is OC1CC2(CCNCC2)Oc2c1ccc1c2OCO1. The number of ether oxygens (including phenoxy) is 3. The highest BCUT2D eigenvalue weighted by atomic mass is 16.7. The normalized spacial score (nSPS) is 26.9. The predicted octanol–water partition coefficient (Wildman–Crippen LogP) is 1.35. The summed E-state index contributed by atoms with van der Waals surface area (Å²) in [5.41, 5.74) is 0.548. The Morgan fingerprint density at radius 2 is 2.00 bits per heavy atom. The minimum atomic E-state index is -0.489. The van der Waals surface area contributed by atoms with Crippen LogP contribution >= 0.6 is 0 Å². The molecule has 0 amide bonds. The van der Waals surface area contributed by atoms with E-state index in [-0.39, 0.29) is 12.4 Å². The zero-order valence-electron chi connectivity index (χ0n) is 10.6. The second-order valence-corrected chi connectivity index (χ2v) is 5.47. The highest BCUT2D eigenvalue weighted by Crippen LogP contribution is 2.52. The summed E-state index contributed by atoms with van der Waals surface area (Å²) in [6.07, 6.45) is 1.99. The third kappa shape index (κ3) is 1.69. The Labute approximate surface area is 111 Å². The summed E-state index contributed by atoms with van der Waals surface area (Å²) < 4.78 is 17.2. The van der Waals surface area contributed by atoms with Crippen LogP contribution < -0.4 is 19.5 Å². The molecule has 5 heteroatoms. The number of benzene rings is 1. The molecule has 1 unspecified atom stereocenters. The number of nitrogens with one attached hydrogen (secondary N) is 1. The molecule has 1 aromatic carbocycles. The first-order chi connectivity index (χ1) is 9.27. The fourth-order valence-electron chi connectivity index (χ4n) is 3.24. The van der Waals surface area contributed by atoms with Gasteiger partial charge in [0.1, 0.15) is 5.60 Å². The lowest BCUT2D eigenvalue weighted by Crippen LogP contribution is -2.49. The first kappa shape index (κ1) is 11.4. The minimum Gasteiger partial charge on any atom is -0.483 e. The largest absolute Gasteiger partial charge is 0.483 e. The van der Waals surface area contributed by atoms with Crippen molar-refractivity contribution < 1.29 is 19.3 Å². The van der Waals surface area contributed by atoms with Crippen molar-refractivity contribution in [3.05, 3.63) is 17.7 Å². The van der Waals surface area contributed by atoms with Gasteiger partial charge < -0.3 is 24.6 Å². The maximum absolute atomic E-state index is 10.4. The van der Waals surface area contributed by atoms with E-state index in [9.17, 15) is 5.11 Å². The van der Waals surface area contributed by atoms with Crippen LogP contribution in [0.5, 0.6) is 17.2 Å². The van der Waals surface area contributed by atoms with E-state index in [4.69, 9.17) is 14.2 Å². The molecule has 1 atom stereocenters. The Bertz CT molecular complexity index is 510. The molecule has 3 aliphatic rings. The van der Waals surface area contributed by atoms with Crippen molar-refractivity contribution in [3.63, 3.8) is 0 Å². The molecular weight excluding hydrogens is 246 g/mol. The van der Waals surface area contributed by atoms with E-state index in [2.05, 4.69) is 5.32 Å². The van der Waals surface area contributed by atoms with Gasteiger partial charge in [-0.3, -0.25) is 0 Å². The zero-order chi connectivity index (χ0) is 12.9. The second-order valence-electron chi connectivity index (χ2n) is 5.47. The zero-order valence-corrected chi connectivity index (χ0v) is 10.6. The fourth-order valence-corrected chi connectivity index (χ4v) is 3.24. The van der Waals surface area contributed by atoms with Gasteiger partial charge in [0.2, 0.25) is 12.5 Å². The monoisotopic (exact) mass is 263 g/mol. The fraction of sp³-hybridized carbons (Fsp3) is 0.571. The molecule has 0 radical (unpaired) electrons. The van der Waals surface area contributed by atoms with E-state index in [0.717, 1.165) is 31.5 Å². The van der Waals surface area contributed by atoms with Gasteiger partial charge >= 0.3 is 0 Å². The van der Waals surface area contributed by atoms with Crippen LogP contribution in [0.15, 0.2) is 12.1 Å². The van der Waals surface area contributed by atoms with Crippen molar-refractivity contribution in [2.24, 2.45) is 0 Å². The average Bonchev–Trinajstić information content (AvgIpc) is 2.88. The molecule has 2 N–H and O–H groups in total. The van der Waals surface area contributed by atoms with Crippen LogP contribution in [0, 0.1) is 0 Å². The van der Waals surface area contributed by atoms with Crippen LogP contribution in [0.25, 0.3) is 0 Å². The highest BCUT2D eigenvalue weighted by Gasteiger charge is 2.43. The molecular formula is C14H17NO4. The average molecular weight is 263 g/mol. The van der Waals surface area contributed by atoms with E-state index >= 15 is 0 Å². The molecule has 3 aliphatic heterocycles. The number of piperidine rings is 1. The van der Waals surface area contributed by atoms with Crippen LogP contribution in [0.4, 0.5) is 0 Å². The quantitative estimate of drug-likeness (QED) is 0.740. The smallest absolute Gasteiger partial charge is 0.231 e. The first-order valence-electron chi connectivity index (χ1n) is 6.78. The number of aliphatic hydroxyl groups excluding tert-OH is 1. The summed E-state index contributed by atoms with van der Waals surface area (Å²) in [4.78, 5) is 0. The lowest BCUT2D eigenvalue weighted by Gasteiger charge is -2.43. The van der Waals surface area contributed by atoms with E-state index in [1.54, 1.807) is 0 Å². The maximum Gasteiger partial charge on any atom is 0.231 e. The van der Waals surface area contributed by atoms with Crippen LogP contribution in [-0.2, 0) is 0 Å². The molecule has 0 saturated carbocycles. The lowest BCUT2D eigenvalue weighted by molar-refractivity contribution is -0.0355. The van der Waals surface area contributed by atoms with E-state index in [0.29, 0.717) is 23.7 Å². The molecule has 1 spiro atoms. The molecule has 3 heterocycles. The van der Waals surface area contributed by atoms with Gasteiger partial charge in [0.15, 0.2) is 11.5 Å². The van der Waals surface area contributed by atoms with E-state index < -0.39 is 6.10 Å². The van der Waals surface area contributed by atoms with Crippen LogP contribution in [-0.4, -0.2) is 30.6 Å². The summed E-state index contributed by atoms with van der Waals surface area (Å²) in [6.45, 7) is 2.07. The molecule has 1 saturated heterocycles. The second kappa shape index (κ2) is 4.02. The number of aliphatic hydroxyl groups is 1. The summed E-state index contributed by atoms with van der Waals surface area (Å²) in [5.74, 6) is 2.03. The molecule has 0 aromatic heterocycles. The number of fused-ring (bicyclic) bond motifs is 3. The molecule has 4 rings (SSSR count). The van der Waals surface area contributed by atoms with Crippen molar-refractivity contribution in [1.29, 1.82) is 0 Å². The van der Waals surface area contributed by atoms with Crippen molar-refractivity contribution in [3.8, 4) is 17.2 Å². The van der Waals surface area contributed by atoms with Gasteiger partial charge in [0.05, 0.1) is 6.10 Å². The third-order valence-electron chi connectivity index (χ3n) is 4.28. The van der Waals surface area contributed by atoms with Crippen molar-refractivity contribution in [2.45, 2.75) is 31.0 Å². The summed E-state index contributed by atoms with van der Waals surface area (Å²) >= 11 is 0. The van der Waals surface area contributed by atoms with Gasteiger partial charge in [-0.05, 0) is 38.1 Å². The summed E-state index contributed by atoms with van der Waals surface area (Å²) in [6, 6.07) is 3.72. The first-order valence-corrected chi connectivity index (χ1v) is 6.78. The lowest BCUT2D eigenvalue weighted by atomic mass is 9.82. The van der Waals surface area contributed by atoms with Gasteiger partial charge in [-0.2, -0.15) is 0 Å². The molecule has 19 heavy (non-hydrogen) atoms. The highest BCUT2D eigenvalue weighted by molar-refractivity contribution is 5.58. The van der Waals surface area contributed by atoms with Gasteiger partial charge in [0.25, 0.3) is 0 Å². The van der Waals surface area contributed by atoms with Crippen molar-refractivity contribution >= 4 is 0 Å². The Morgan fingerprint density at radius 3 is 2.84 bits per heavy atom. The standard InChI is InChI=1S/C14H17NO4/c16-10-7-14(3-5-15-6-4-14)19-12-9(10)1-2-11-13(12)18-8-17-11/h1-2,10,15-16H,3-8H2. The minimum absolute atomic E-state index is 0.222. The molecule has 0 aliphatic carbocycles. The number of rotatable bonds is 0. The molecule has 1 aromatic rings. The Balaban J connectivity index is 1.78. The van der Waals surface area contributed by atoms with Crippen LogP contribution in [0.3, 0.4) is 0 Å². The Morgan fingerprint density at radius 1 is 1.16 bits per heavy atom. The predicted molar refractivity (Wildman–Crippen MR) is 67.6 cm³/mol. The van der Waals surface area contributed by atoms with Gasteiger partial charge in [-0.1, -0.05) is 0 Å². The number of hydrogen-bond acceptors (Lipinski definition) is 5. The van der Waals surface area contributed by atoms with E-state index in [1.807, 2.05) is 12.1 Å². The summed E-state index contributed by atoms with van der Waals surface area (Å²) in [5, 5.41) is 13.7. The van der Waals surface area contributed by atoms with Crippen molar-refractivity contribution in [2.75, 3.05) is 19.9 Å². The Kier molecular flexibility index (Phi) is 2.40. The molecule has 102 valence electrons. The third-order valence-corrected chi connectivity index (χ3v) is 4.28. The van der Waals surface area contributed by atoms with Crippen LogP contribution in [0.1, 0.15) is 30.9 Å². The van der Waals surface area contributed by atoms with Crippen LogP contribution in [0.2, 0.25) is 0 Å². The van der Waals surface area contributed by atoms with Gasteiger partial charge in [-0.25, -0.2) is 0 Å². The number of hydrogen-bond donors (Lipinski definition) is 2.